The van der Waals surface area contributed by atoms with E-state index in [1.54, 1.807) is 29.3 Å². The number of piperidine rings is 1. The van der Waals surface area contributed by atoms with Crippen molar-refractivity contribution in [2.45, 2.75) is 19.8 Å². The third-order valence-electron chi connectivity index (χ3n) is 5.10. The molecule has 28 heavy (non-hydrogen) atoms. The molecule has 144 valence electrons. The Hall–Kier alpha value is -3.09. The fourth-order valence-electron chi connectivity index (χ4n) is 3.50. The standard InChI is InChI=1S/C21H21FN4O2/c1-14-19(6-3-9-23-14)28-21(27)26-10-7-15(8-11-26)18-13-24-20(25-18)16-4-2-5-17(22)12-16/h2-6,9,12,15H,7-8,10-11,13H2,1H3. The Morgan fingerprint density at radius 2 is 2.04 bits per heavy atom. The maximum Gasteiger partial charge on any atom is 0.415 e. The number of likely N-dealkylation sites (tertiary alicyclic amines) is 1. The molecule has 6 nitrogen and oxygen atoms in total. The molecule has 0 N–H and O–H groups in total. The van der Waals surface area contributed by atoms with E-state index < -0.39 is 0 Å². The van der Waals surface area contributed by atoms with E-state index in [1.807, 2.05) is 13.0 Å². The molecule has 2 aliphatic heterocycles. The van der Waals surface area contributed by atoms with E-state index in [0.717, 1.165) is 18.6 Å². The molecule has 0 aliphatic carbocycles. The normalized spacial score (nSPS) is 17.3. The highest BCUT2D eigenvalue weighted by atomic mass is 19.1. The Kier molecular flexibility index (Phi) is 5.14. The minimum Gasteiger partial charge on any atom is -0.408 e. The number of amides is 1. The Morgan fingerprint density at radius 3 is 2.79 bits per heavy atom. The summed E-state index contributed by atoms with van der Waals surface area (Å²) < 4.78 is 18.9. The van der Waals surface area contributed by atoms with Crippen molar-refractivity contribution in [3.8, 4) is 5.75 Å². The number of benzene rings is 1. The molecular weight excluding hydrogens is 359 g/mol. The van der Waals surface area contributed by atoms with Crippen LogP contribution in [-0.2, 0) is 0 Å². The molecule has 0 spiro atoms. The number of nitrogens with zero attached hydrogens (tertiary/aromatic N) is 4. The van der Waals surface area contributed by atoms with Crippen LogP contribution >= 0.6 is 0 Å². The van der Waals surface area contributed by atoms with Gasteiger partial charge in [0.15, 0.2) is 11.6 Å². The largest absolute Gasteiger partial charge is 0.415 e. The monoisotopic (exact) mass is 380 g/mol. The first-order valence-corrected chi connectivity index (χ1v) is 9.36. The van der Waals surface area contributed by atoms with Gasteiger partial charge in [0, 0.05) is 36.5 Å². The topological polar surface area (TPSA) is 67.2 Å². The molecule has 7 heteroatoms. The third kappa shape index (κ3) is 3.93. The van der Waals surface area contributed by atoms with Crippen molar-refractivity contribution in [1.29, 1.82) is 0 Å². The van der Waals surface area contributed by atoms with Gasteiger partial charge in [-0.3, -0.25) is 9.98 Å². The number of hydrogen-bond donors (Lipinski definition) is 0. The summed E-state index contributed by atoms with van der Waals surface area (Å²) in [7, 11) is 0. The number of rotatable bonds is 3. The molecule has 1 amide bonds. The number of amidine groups is 1. The number of carbonyl (C=O) groups excluding carboxylic acids is 1. The molecule has 0 saturated carbocycles. The van der Waals surface area contributed by atoms with Gasteiger partial charge in [0.2, 0.25) is 0 Å². The van der Waals surface area contributed by atoms with Gasteiger partial charge in [0.25, 0.3) is 0 Å². The van der Waals surface area contributed by atoms with E-state index in [9.17, 15) is 9.18 Å². The smallest absolute Gasteiger partial charge is 0.408 e. The van der Waals surface area contributed by atoms with Crippen LogP contribution < -0.4 is 4.74 Å². The number of halogens is 1. The quantitative estimate of drug-likeness (QED) is 0.816. The SMILES string of the molecule is Cc1ncccc1OC(=O)N1CCC(C2=NC(c3cccc(F)c3)=NC2)CC1. The molecule has 1 saturated heterocycles. The van der Waals surface area contributed by atoms with Crippen molar-refractivity contribution in [3.05, 3.63) is 59.7 Å². The van der Waals surface area contributed by atoms with Gasteiger partial charge in [0.1, 0.15) is 5.82 Å². The second kappa shape index (κ2) is 7.88. The summed E-state index contributed by atoms with van der Waals surface area (Å²) in [6.45, 7) is 3.56. The fourth-order valence-corrected chi connectivity index (χ4v) is 3.50. The number of carbonyl (C=O) groups is 1. The Balaban J connectivity index is 1.34. The number of aliphatic imine (C=N–C) groups is 2. The molecule has 0 bridgehead atoms. The van der Waals surface area contributed by atoms with Crippen LogP contribution in [0.4, 0.5) is 9.18 Å². The van der Waals surface area contributed by atoms with Crippen LogP contribution in [0.1, 0.15) is 24.1 Å². The van der Waals surface area contributed by atoms with E-state index in [1.165, 1.54) is 12.1 Å². The predicted molar refractivity (Wildman–Crippen MR) is 105 cm³/mol. The first-order valence-electron chi connectivity index (χ1n) is 9.36. The molecule has 3 heterocycles. The van der Waals surface area contributed by atoms with Gasteiger partial charge < -0.3 is 9.64 Å². The average molecular weight is 380 g/mol. The minimum absolute atomic E-state index is 0.277. The maximum atomic E-state index is 13.4. The lowest BCUT2D eigenvalue weighted by molar-refractivity contribution is 0.137. The Labute approximate surface area is 162 Å². The molecule has 2 aromatic rings. The van der Waals surface area contributed by atoms with Crippen molar-refractivity contribution in [2.75, 3.05) is 19.6 Å². The van der Waals surface area contributed by atoms with Gasteiger partial charge in [-0.1, -0.05) is 12.1 Å². The summed E-state index contributed by atoms with van der Waals surface area (Å²) in [5.41, 5.74) is 2.39. The van der Waals surface area contributed by atoms with Crippen molar-refractivity contribution < 1.29 is 13.9 Å². The van der Waals surface area contributed by atoms with Crippen LogP contribution in [0.2, 0.25) is 0 Å². The zero-order valence-corrected chi connectivity index (χ0v) is 15.6. The number of ether oxygens (including phenoxy) is 1. The van der Waals surface area contributed by atoms with Gasteiger partial charge in [0.05, 0.1) is 12.2 Å². The van der Waals surface area contributed by atoms with Gasteiger partial charge >= 0.3 is 6.09 Å². The van der Waals surface area contributed by atoms with E-state index in [4.69, 9.17) is 4.74 Å². The summed E-state index contributed by atoms with van der Waals surface area (Å²) in [6, 6.07) is 9.82. The van der Waals surface area contributed by atoms with E-state index in [2.05, 4.69) is 15.0 Å². The van der Waals surface area contributed by atoms with Crippen LogP contribution in [0.25, 0.3) is 0 Å². The summed E-state index contributed by atoms with van der Waals surface area (Å²) in [5.74, 6) is 1.06. The number of aromatic nitrogens is 1. The van der Waals surface area contributed by atoms with Crippen molar-refractivity contribution in [1.82, 2.24) is 9.88 Å². The molecule has 0 radical (unpaired) electrons. The third-order valence-corrected chi connectivity index (χ3v) is 5.10. The highest BCUT2D eigenvalue weighted by molar-refractivity contribution is 6.12. The highest BCUT2D eigenvalue weighted by Gasteiger charge is 2.29. The molecule has 1 aromatic heterocycles. The molecule has 1 aromatic carbocycles. The summed E-state index contributed by atoms with van der Waals surface area (Å²) in [5, 5.41) is 0. The Morgan fingerprint density at radius 1 is 1.21 bits per heavy atom. The summed E-state index contributed by atoms with van der Waals surface area (Å²) in [4.78, 5) is 27.3. The first-order chi connectivity index (χ1) is 13.6. The lowest BCUT2D eigenvalue weighted by Crippen LogP contribution is -2.42. The van der Waals surface area contributed by atoms with Crippen molar-refractivity contribution in [2.24, 2.45) is 15.9 Å². The lowest BCUT2D eigenvalue weighted by atomic mass is 9.92. The molecule has 2 aliphatic rings. The van der Waals surface area contributed by atoms with Crippen LogP contribution in [-0.4, -0.2) is 47.2 Å². The van der Waals surface area contributed by atoms with Crippen LogP contribution in [0.3, 0.4) is 0 Å². The van der Waals surface area contributed by atoms with Crippen molar-refractivity contribution in [3.63, 3.8) is 0 Å². The second-order valence-electron chi connectivity index (χ2n) is 6.97. The predicted octanol–water partition coefficient (Wildman–Crippen LogP) is 3.64. The lowest BCUT2D eigenvalue weighted by Gasteiger charge is -2.31. The van der Waals surface area contributed by atoms with Crippen LogP contribution in [0.5, 0.6) is 5.75 Å². The van der Waals surface area contributed by atoms with Crippen molar-refractivity contribution >= 4 is 17.6 Å². The zero-order valence-electron chi connectivity index (χ0n) is 15.6. The Bertz CT molecular complexity index is 949. The van der Waals surface area contributed by atoms with Gasteiger partial charge in [-0.2, -0.15) is 0 Å². The molecular formula is C21H21FN4O2. The summed E-state index contributed by atoms with van der Waals surface area (Å²) >= 11 is 0. The van der Waals surface area contributed by atoms with Gasteiger partial charge in [-0.25, -0.2) is 14.2 Å². The molecule has 4 rings (SSSR count). The number of pyridine rings is 1. The van der Waals surface area contributed by atoms with E-state index >= 15 is 0 Å². The van der Waals surface area contributed by atoms with Gasteiger partial charge in [-0.15, -0.1) is 0 Å². The average Bonchev–Trinajstić information content (AvgIpc) is 3.20. The minimum atomic E-state index is -0.348. The number of hydrogen-bond acceptors (Lipinski definition) is 5. The van der Waals surface area contributed by atoms with Gasteiger partial charge in [-0.05, 0) is 44.0 Å². The van der Waals surface area contributed by atoms with Crippen LogP contribution in [0.15, 0.2) is 52.6 Å². The molecule has 0 atom stereocenters. The zero-order chi connectivity index (χ0) is 19.5. The van der Waals surface area contributed by atoms with Crippen LogP contribution in [0, 0.1) is 18.7 Å². The maximum absolute atomic E-state index is 13.4. The first kappa shape index (κ1) is 18.3. The molecule has 1 fully saturated rings. The fraction of sp³-hybridized carbons (Fsp3) is 0.333. The molecule has 0 unspecified atom stereocenters. The highest BCUT2D eigenvalue weighted by Crippen LogP contribution is 2.24. The summed E-state index contributed by atoms with van der Waals surface area (Å²) in [6.07, 6.45) is 2.94. The number of aryl methyl sites for hydroxylation is 1. The van der Waals surface area contributed by atoms with E-state index in [-0.39, 0.29) is 17.8 Å². The second-order valence-corrected chi connectivity index (χ2v) is 6.97. The van der Waals surface area contributed by atoms with E-state index in [0.29, 0.717) is 42.5 Å².